The Morgan fingerprint density at radius 2 is 1.77 bits per heavy atom. The SMILES string of the molecule is O=C(c1cccc(Cl)c1)N1CC[NH+](C2CCCCCC2)CC1. The Kier molecular flexibility index (Phi) is 5.37. The molecule has 1 aliphatic heterocycles. The van der Waals surface area contributed by atoms with Crippen molar-refractivity contribution in [1.29, 1.82) is 0 Å². The predicted octanol–water partition coefficient (Wildman–Crippen LogP) is 2.40. The summed E-state index contributed by atoms with van der Waals surface area (Å²) >= 11 is 5.99. The number of piperazine rings is 1. The number of hydrogen-bond donors (Lipinski definition) is 1. The molecule has 0 bridgehead atoms. The van der Waals surface area contributed by atoms with Gasteiger partial charge in [0.25, 0.3) is 5.91 Å². The van der Waals surface area contributed by atoms with Crippen LogP contribution in [0, 0.1) is 0 Å². The zero-order valence-electron chi connectivity index (χ0n) is 13.2. The quantitative estimate of drug-likeness (QED) is 0.831. The first kappa shape index (κ1) is 15.8. The molecule has 4 heteroatoms. The van der Waals surface area contributed by atoms with Crippen molar-refractivity contribution >= 4 is 17.5 Å². The van der Waals surface area contributed by atoms with Gasteiger partial charge >= 0.3 is 0 Å². The van der Waals surface area contributed by atoms with Crippen LogP contribution in [0.2, 0.25) is 5.02 Å². The van der Waals surface area contributed by atoms with Crippen molar-refractivity contribution in [3.8, 4) is 0 Å². The number of hydrogen-bond acceptors (Lipinski definition) is 1. The number of halogens is 1. The van der Waals surface area contributed by atoms with Crippen molar-refractivity contribution < 1.29 is 9.69 Å². The Morgan fingerprint density at radius 1 is 1.09 bits per heavy atom. The number of nitrogens with zero attached hydrogens (tertiary/aromatic N) is 1. The van der Waals surface area contributed by atoms with Crippen molar-refractivity contribution in [2.24, 2.45) is 0 Å². The molecule has 1 aromatic rings. The van der Waals surface area contributed by atoms with Crippen molar-refractivity contribution in [1.82, 2.24) is 4.90 Å². The molecule has 0 atom stereocenters. The Morgan fingerprint density at radius 3 is 2.41 bits per heavy atom. The number of rotatable bonds is 2. The standard InChI is InChI=1S/C18H25ClN2O/c19-16-7-5-6-15(14-16)18(22)21-12-10-20(11-13-21)17-8-3-1-2-4-9-17/h5-7,14,17H,1-4,8-13H2/p+1. The van der Waals surface area contributed by atoms with Gasteiger partial charge in [-0.3, -0.25) is 4.79 Å². The lowest BCUT2D eigenvalue weighted by Gasteiger charge is -2.36. The normalized spacial score (nSPS) is 21.6. The van der Waals surface area contributed by atoms with E-state index >= 15 is 0 Å². The van der Waals surface area contributed by atoms with Gasteiger partial charge < -0.3 is 9.80 Å². The maximum atomic E-state index is 12.5. The second kappa shape index (κ2) is 7.47. The molecule has 3 rings (SSSR count). The average Bonchev–Trinajstić information content (AvgIpc) is 2.84. The van der Waals surface area contributed by atoms with Crippen LogP contribution in [0.3, 0.4) is 0 Å². The van der Waals surface area contributed by atoms with Gasteiger partial charge in [-0.05, 0) is 43.9 Å². The summed E-state index contributed by atoms with van der Waals surface area (Å²) in [5.41, 5.74) is 0.713. The Hall–Kier alpha value is -1.06. The van der Waals surface area contributed by atoms with Crippen LogP contribution < -0.4 is 4.90 Å². The third kappa shape index (κ3) is 3.82. The van der Waals surface area contributed by atoms with Crippen molar-refractivity contribution in [3.63, 3.8) is 0 Å². The summed E-state index contributed by atoms with van der Waals surface area (Å²) in [5.74, 6) is 0.127. The van der Waals surface area contributed by atoms with Crippen LogP contribution in [0.4, 0.5) is 0 Å². The predicted molar refractivity (Wildman–Crippen MR) is 89.5 cm³/mol. The van der Waals surface area contributed by atoms with E-state index in [4.69, 9.17) is 11.6 Å². The van der Waals surface area contributed by atoms with Gasteiger partial charge in [-0.2, -0.15) is 0 Å². The molecule has 2 aliphatic rings. The molecule has 1 saturated heterocycles. The Labute approximate surface area is 138 Å². The summed E-state index contributed by atoms with van der Waals surface area (Å²) < 4.78 is 0. The molecule has 1 N–H and O–H groups in total. The highest BCUT2D eigenvalue weighted by Gasteiger charge is 2.29. The highest BCUT2D eigenvalue weighted by Crippen LogP contribution is 2.16. The summed E-state index contributed by atoms with van der Waals surface area (Å²) in [5, 5.41) is 0.633. The number of carbonyl (C=O) groups excluding carboxylic acids is 1. The van der Waals surface area contributed by atoms with Crippen LogP contribution in [0.5, 0.6) is 0 Å². The number of nitrogens with one attached hydrogen (secondary N) is 1. The van der Waals surface area contributed by atoms with Gasteiger partial charge in [0.1, 0.15) is 0 Å². The number of benzene rings is 1. The molecule has 1 aromatic carbocycles. The van der Waals surface area contributed by atoms with Crippen molar-refractivity contribution in [2.45, 2.75) is 44.6 Å². The second-order valence-electron chi connectivity index (χ2n) is 6.65. The number of carbonyl (C=O) groups is 1. The molecular weight excluding hydrogens is 296 g/mol. The van der Waals surface area contributed by atoms with E-state index in [1.807, 2.05) is 23.1 Å². The van der Waals surface area contributed by atoms with E-state index in [-0.39, 0.29) is 5.91 Å². The minimum Gasteiger partial charge on any atom is -0.330 e. The molecule has 0 aromatic heterocycles. The maximum Gasteiger partial charge on any atom is 0.254 e. The van der Waals surface area contributed by atoms with Gasteiger partial charge in [0.05, 0.1) is 32.2 Å². The molecule has 1 aliphatic carbocycles. The van der Waals surface area contributed by atoms with Gasteiger partial charge in [0, 0.05) is 10.6 Å². The number of amides is 1. The summed E-state index contributed by atoms with van der Waals surface area (Å²) in [4.78, 5) is 16.3. The van der Waals surface area contributed by atoms with E-state index in [0.29, 0.717) is 10.6 Å². The number of quaternary nitrogens is 1. The zero-order valence-corrected chi connectivity index (χ0v) is 13.9. The lowest BCUT2D eigenvalue weighted by atomic mass is 10.1. The van der Waals surface area contributed by atoms with Crippen LogP contribution in [-0.4, -0.2) is 43.0 Å². The lowest BCUT2D eigenvalue weighted by Crippen LogP contribution is -3.18. The van der Waals surface area contributed by atoms with Crippen molar-refractivity contribution in [3.05, 3.63) is 34.9 Å². The summed E-state index contributed by atoms with van der Waals surface area (Å²) in [6.07, 6.45) is 8.33. The fraction of sp³-hybridized carbons (Fsp3) is 0.611. The zero-order chi connectivity index (χ0) is 15.4. The summed E-state index contributed by atoms with van der Waals surface area (Å²) in [7, 11) is 0. The summed E-state index contributed by atoms with van der Waals surface area (Å²) in [6.45, 7) is 3.93. The van der Waals surface area contributed by atoms with Crippen LogP contribution in [0.15, 0.2) is 24.3 Å². The first-order valence-electron chi connectivity index (χ1n) is 8.63. The van der Waals surface area contributed by atoms with Gasteiger partial charge in [0.15, 0.2) is 0 Å². The highest BCUT2D eigenvalue weighted by molar-refractivity contribution is 6.30. The molecule has 1 amide bonds. The monoisotopic (exact) mass is 321 g/mol. The third-order valence-corrected chi connectivity index (χ3v) is 5.43. The second-order valence-corrected chi connectivity index (χ2v) is 7.09. The molecule has 1 saturated carbocycles. The molecular formula is C18H26ClN2O+. The first-order valence-corrected chi connectivity index (χ1v) is 9.01. The van der Waals surface area contributed by atoms with Gasteiger partial charge in [-0.15, -0.1) is 0 Å². The van der Waals surface area contributed by atoms with E-state index in [9.17, 15) is 4.79 Å². The van der Waals surface area contributed by atoms with E-state index in [2.05, 4.69) is 0 Å². The lowest BCUT2D eigenvalue weighted by molar-refractivity contribution is -0.929. The largest absolute Gasteiger partial charge is 0.330 e. The van der Waals surface area contributed by atoms with E-state index in [1.165, 1.54) is 38.5 Å². The topological polar surface area (TPSA) is 24.8 Å². The molecule has 3 nitrogen and oxygen atoms in total. The molecule has 0 unspecified atom stereocenters. The van der Waals surface area contributed by atoms with E-state index in [0.717, 1.165) is 32.2 Å². The fourth-order valence-electron chi connectivity index (χ4n) is 3.90. The van der Waals surface area contributed by atoms with Gasteiger partial charge in [-0.1, -0.05) is 30.5 Å². The fourth-order valence-corrected chi connectivity index (χ4v) is 4.09. The van der Waals surface area contributed by atoms with Crippen LogP contribution in [0.1, 0.15) is 48.9 Å². The Bertz CT molecular complexity index is 504. The summed E-state index contributed by atoms with van der Waals surface area (Å²) in [6, 6.07) is 8.12. The van der Waals surface area contributed by atoms with E-state index in [1.54, 1.807) is 11.0 Å². The Balaban J connectivity index is 1.56. The van der Waals surface area contributed by atoms with Crippen LogP contribution in [0.25, 0.3) is 0 Å². The van der Waals surface area contributed by atoms with Crippen LogP contribution >= 0.6 is 11.6 Å². The minimum atomic E-state index is 0.127. The molecule has 2 fully saturated rings. The third-order valence-electron chi connectivity index (χ3n) is 5.20. The molecule has 1 heterocycles. The average molecular weight is 322 g/mol. The van der Waals surface area contributed by atoms with E-state index < -0.39 is 0 Å². The molecule has 120 valence electrons. The van der Waals surface area contributed by atoms with Crippen LogP contribution in [-0.2, 0) is 0 Å². The first-order chi connectivity index (χ1) is 10.7. The smallest absolute Gasteiger partial charge is 0.254 e. The highest BCUT2D eigenvalue weighted by atomic mass is 35.5. The van der Waals surface area contributed by atoms with Crippen molar-refractivity contribution in [2.75, 3.05) is 26.2 Å². The molecule has 0 radical (unpaired) electrons. The minimum absolute atomic E-state index is 0.127. The molecule has 22 heavy (non-hydrogen) atoms. The van der Waals surface area contributed by atoms with Gasteiger partial charge in [-0.25, -0.2) is 0 Å². The van der Waals surface area contributed by atoms with Gasteiger partial charge in [0.2, 0.25) is 0 Å². The maximum absolute atomic E-state index is 12.5. The molecule has 0 spiro atoms.